The lowest BCUT2D eigenvalue weighted by atomic mass is 9.87. The summed E-state index contributed by atoms with van der Waals surface area (Å²) in [7, 11) is 0. The molecule has 1 heterocycles. The summed E-state index contributed by atoms with van der Waals surface area (Å²) in [5, 5.41) is 9.32. The number of hydrogen-bond acceptors (Lipinski definition) is 3. The van der Waals surface area contributed by atoms with Gasteiger partial charge in [-0.15, -0.1) is 0 Å². The van der Waals surface area contributed by atoms with Gasteiger partial charge < -0.3 is 14.7 Å². The average Bonchev–Trinajstić information content (AvgIpc) is 2.45. The van der Waals surface area contributed by atoms with Gasteiger partial charge in [0.25, 0.3) is 0 Å². The van der Waals surface area contributed by atoms with Gasteiger partial charge in [-0.2, -0.15) is 0 Å². The van der Waals surface area contributed by atoms with Crippen LogP contribution in [0, 0.1) is 0 Å². The van der Waals surface area contributed by atoms with Gasteiger partial charge in [-0.3, -0.25) is 0 Å². The molecule has 1 atom stereocenters. The molecule has 5 nitrogen and oxygen atoms in total. The standard InChI is InChI=1S/C17H23NO4/c1-17(2,3)22-16(21)18-10-6-7-12(11-18)13-8-4-5-9-14(13)15(19)20/h4-5,8-9,12H,6-7,10-11H2,1-3H3,(H,19,20). The van der Waals surface area contributed by atoms with Crippen molar-refractivity contribution < 1.29 is 19.4 Å². The minimum Gasteiger partial charge on any atom is -0.478 e. The summed E-state index contributed by atoms with van der Waals surface area (Å²) < 4.78 is 5.41. The van der Waals surface area contributed by atoms with Crippen molar-refractivity contribution >= 4 is 12.1 Å². The number of nitrogens with zero attached hydrogens (tertiary/aromatic N) is 1. The van der Waals surface area contributed by atoms with Gasteiger partial charge in [-0.25, -0.2) is 9.59 Å². The number of aromatic carboxylic acids is 1. The maximum absolute atomic E-state index is 12.2. The first-order chi connectivity index (χ1) is 10.3. The van der Waals surface area contributed by atoms with Gasteiger partial charge in [0, 0.05) is 19.0 Å². The smallest absolute Gasteiger partial charge is 0.410 e. The maximum atomic E-state index is 12.2. The van der Waals surface area contributed by atoms with Crippen molar-refractivity contribution in [2.45, 2.75) is 45.1 Å². The van der Waals surface area contributed by atoms with Crippen LogP contribution in [0.2, 0.25) is 0 Å². The van der Waals surface area contributed by atoms with Crippen LogP contribution in [0.15, 0.2) is 24.3 Å². The molecule has 22 heavy (non-hydrogen) atoms. The third-order valence-electron chi connectivity index (χ3n) is 3.70. The first kappa shape index (κ1) is 16.3. The first-order valence-corrected chi connectivity index (χ1v) is 7.58. The Morgan fingerprint density at radius 2 is 1.95 bits per heavy atom. The van der Waals surface area contributed by atoms with Crippen LogP contribution in [0.3, 0.4) is 0 Å². The maximum Gasteiger partial charge on any atom is 0.410 e. The number of benzene rings is 1. The highest BCUT2D eigenvalue weighted by molar-refractivity contribution is 5.89. The van der Waals surface area contributed by atoms with Gasteiger partial charge in [-0.1, -0.05) is 18.2 Å². The summed E-state index contributed by atoms with van der Waals surface area (Å²) in [6, 6.07) is 7.02. The Balaban J connectivity index is 2.14. The van der Waals surface area contributed by atoms with E-state index in [1.165, 1.54) is 0 Å². The fraction of sp³-hybridized carbons (Fsp3) is 0.529. The van der Waals surface area contributed by atoms with Crippen molar-refractivity contribution in [1.82, 2.24) is 4.90 Å². The molecule has 1 unspecified atom stereocenters. The van der Waals surface area contributed by atoms with Crippen molar-refractivity contribution in [3.05, 3.63) is 35.4 Å². The molecule has 0 spiro atoms. The van der Waals surface area contributed by atoms with Crippen LogP contribution in [0.1, 0.15) is 55.5 Å². The van der Waals surface area contributed by atoms with Crippen LogP contribution >= 0.6 is 0 Å². The Labute approximate surface area is 130 Å². The van der Waals surface area contributed by atoms with E-state index >= 15 is 0 Å². The third-order valence-corrected chi connectivity index (χ3v) is 3.70. The molecular formula is C17H23NO4. The molecule has 0 aromatic heterocycles. The van der Waals surface area contributed by atoms with Crippen molar-refractivity contribution in [3.8, 4) is 0 Å². The number of hydrogen-bond donors (Lipinski definition) is 1. The summed E-state index contributed by atoms with van der Waals surface area (Å²) in [6.07, 6.45) is 1.39. The van der Waals surface area contributed by atoms with E-state index in [-0.39, 0.29) is 12.0 Å². The Bertz CT molecular complexity index is 562. The van der Waals surface area contributed by atoms with Crippen molar-refractivity contribution in [1.29, 1.82) is 0 Å². The molecule has 1 aromatic carbocycles. The second kappa shape index (κ2) is 6.38. The zero-order chi connectivity index (χ0) is 16.3. The van der Waals surface area contributed by atoms with E-state index in [4.69, 9.17) is 4.74 Å². The Hall–Kier alpha value is -2.04. The molecule has 120 valence electrons. The largest absolute Gasteiger partial charge is 0.478 e. The quantitative estimate of drug-likeness (QED) is 0.908. The van der Waals surface area contributed by atoms with Crippen LogP contribution in [-0.4, -0.2) is 40.8 Å². The molecule has 1 N–H and O–H groups in total. The third kappa shape index (κ3) is 4.00. The van der Waals surface area contributed by atoms with Gasteiger partial charge in [0.05, 0.1) is 5.56 Å². The van der Waals surface area contributed by atoms with Crippen LogP contribution in [0.25, 0.3) is 0 Å². The molecule has 0 aliphatic carbocycles. The molecule has 1 fully saturated rings. The molecular weight excluding hydrogens is 282 g/mol. The van der Waals surface area contributed by atoms with Gasteiger partial charge in [-0.05, 0) is 45.2 Å². The zero-order valence-electron chi connectivity index (χ0n) is 13.3. The second-order valence-electron chi connectivity index (χ2n) is 6.66. The number of carbonyl (C=O) groups excluding carboxylic acids is 1. The lowest BCUT2D eigenvalue weighted by Gasteiger charge is -2.34. The van der Waals surface area contributed by atoms with E-state index in [0.29, 0.717) is 18.7 Å². The van der Waals surface area contributed by atoms with Gasteiger partial charge >= 0.3 is 12.1 Å². The molecule has 0 bridgehead atoms. The van der Waals surface area contributed by atoms with E-state index in [2.05, 4.69) is 0 Å². The van der Waals surface area contributed by atoms with Gasteiger partial charge in [0.15, 0.2) is 0 Å². The van der Waals surface area contributed by atoms with Crippen molar-refractivity contribution in [2.75, 3.05) is 13.1 Å². The zero-order valence-corrected chi connectivity index (χ0v) is 13.3. The topological polar surface area (TPSA) is 66.8 Å². The predicted octanol–water partition coefficient (Wildman–Crippen LogP) is 3.50. The highest BCUT2D eigenvalue weighted by atomic mass is 16.6. The summed E-state index contributed by atoms with van der Waals surface area (Å²) >= 11 is 0. The van der Waals surface area contributed by atoms with Crippen molar-refractivity contribution in [2.24, 2.45) is 0 Å². The van der Waals surface area contributed by atoms with Gasteiger partial charge in [0.2, 0.25) is 0 Å². The Morgan fingerprint density at radius 3 is 2.59 bits per heavy atom. The number of rotatable bonds is 2. The van der Waals surface area contributed by atoms with Crippen LogP contribution in [0.5, 0.6) is 0 Å². The number of carboxylic acids is 1. The molecule has 0 radical (unpaired) electrons. The summed E-state index contributed by atoms with van der Waals surface area (Å²) in [5.41, 5.74) is 0.588. The van der Waals surface area contributed by atoms with E-state index in [9.17, 15) is 14.7 Å². The van der Waals surface area contributed by atoms with Crippen LogP contribution in [0.4, 0.5) is 4.79 Å². The molecule has 1 aliphatic rings. The number of carboxylic acid groups (broad SMARTS) is 1. The Kier molecular flexibility index (Phi) is 4.74. The average molecular weight is 305 g/mol. The lowest BCUT2D eigenvalue weighted by Crippen LogP contribution is -2.42. The van der Waals surface area contributed by atoms with Crippen molar-refractivity contribution in [3.63, 3.8) is 0 Å². The van der Waals surface area contributed by atoms with E-state index < -0.39 is 11.6 Å². The summed E-state index contributed by atoms with van der Waals surface area (Å²) in [6.45, 7) is 6.67. The fourth-order valence-electron chi connectivity index (χ4n) is 2.77. The summed E-state index contributed by atoms with van der Waals surface area (Å²) in [5.74, 6) is -0.890. The highest BCUT2D eigenvalue weighted by Gasteiger charge is 2.29. The SMILES string of the molecule is CC(C)(C)OC(=O)N1CCCC(c2ccccc2C(=O)O)C1. The number of piperidine rings is 1. The van der Waals surface area contributed by atoms with Crippen LogP contribution < -0.4 is 0 Å². The minimum atomic E-state index is -0.926. The molecule has 5 heteroatoms. The molecule has 1 saturated heterocycles. The fourth-order valence-corrected chi connectivity index (χ4v) is 2.77. The highest BCUT2D eigenvalue weighted by Crippen LogP contribution is 2.30. The van der Waals surface area contributed by atoms with Gasteiger partial charge in [0.1, 0.15) is 5.60 Å². The Morgan fingerprint density at radius 1 is 1.27 bits per heavy atom. The summed E-state index contributed by atoms with van der Waals surface area (Å²) in [4.78, 5) is 25.2. The number of ether oxygens (including phenoxy) is 1. The van der Waals surface area contributed by atoms with E-state index in [1.54, 1.807) is 17.0 Å². The molecule has 1 aromatic rings. The number of likely N-dealkylation sites (tertiary alicyclic amines) is 1. The first-order valence-electron chi connectivity index (χ1n) is 7.58. The molecule has 1 amide bonds. The lowest BCUT2D eigenvalue weighted by molar-refractivity contribution is 0.0198. The minimum absolute atomic E-state index is 0.0357. The van der Waals surface area contributed by atoms with Crippen LogP contribution in [-0.2, 0) is 4.74 Å². The predicted molar refractivity (Wildman–Crippen MR) is 83.2 cm³/mol. The van der Waals surface area contributed by atoms with E-state index in [1.807, 2.05) is 32.9 Å². The second-order valence-corrected chi connectivity index (χ2v) is 6.66. The number of amides is 1. The normalized spacial score (nSPS) is 18.9. The van der Waals surface area contributed by atoms with E-state index in [0.717, 1.165) is 18.4 Å². The molecule has 0 saturated carbocycles. The number of carbonyl (C=O) groups is 2. The molecule has 2 rings (SSSR count). The monoisotopic (exact) mass is 305 g/mol. The molecule has 1 aliphatic heterocycles.